The van der Waals surface area contributed by atoms with Crippen molar-refractivity contribution in [2.75, 3.05) is 30.0 Å². The topological polar surface area (TPSA) is 59.5 Å². The van der Waals surface area contributed by atoms with E-state index in [0.29, 0.717) is 19.2 Å². The van der Waals surface area contributed by atoms with Crippen LogP contribution in [0.25, 0.3) is 0 Å². The molecule has 0 fully saturated rings. The fourth-order valence-electron chi connectivity index (χ4n) is 3.05. The monoisotopic (exact) mass is 362 g/mol. The van der Waals surface area contributed by atoms with Gasteiger partial charge in [-0.3, -0.25) is 0 Å². The Labute approximate surface area is 158 Å². The first kappa shape index (κ1) is 17.1. The maximum atomic E-state index is 5.64. The SMILES string of the molecule is CCN(c1cccc(C)c1)c1nccc(Nc2ccc3c(c2)OCCO3)n1. The van der Waals surface area contributed by atoms with Crippen LogP contribution in [0.2, 0.25) is 0 Å². The van der Waals surface area contributed by atoms with E-state index >= 15 is 0 Å². The van der Waals surface area contributed by atoms with Crippen LogP contribution in [-0.4, -0.2) is 29.7 Å². The zero-order valence-electron chi connectivity index (χ0n) is 15.5. The van der Waals surface area contributed by atoms with Gasteiger partial charge in [-0.25, -0.2) is 4.98 Å². The predicted molar refractivity (Wildman–Crippen MR) is 107 cm³/mol. The number of nitrogens with one attached hydrogen (secondary N) is 1. The first-order chi connectivity index (χ1) is 13.2. The van der Waals surface area contributed by atoms with Crippen molar-refractivity contribution in [3.8, 4) is 11.5 Å². The molecule has 0 amide bonds. The molecule has 0 unspecified atom stereocenters. The van der Waals surface area contributed by atoms with E-state index in [1.807, 2.05) is 30.3 Å². The van der Waals surface area contributed by atoms with Gasteiger partial charge in [0.15, 0.2) is 11.5 Å². The van der Waals surface area contributed by atoms with Crippen molar-refractivity contribution in [2.24, 2.45) is 0 Å². The number of aromatic nitrogens is 2. The number of rotatable bonds is 5. The van der Waals surface area contributed by atoms with Crippen molar-refractivity contribution in [1.29, 1.82) is 0 Å². The summed E-state index contributed by atoms with van der Waals surface area (Å²) < 4.78 is 11.2. The van der Waals surface area contributed by atoms with E-state index in [-0.39, 0.29) is 0 Å². The van der Waals surface area contributed by atoms with E-state index in [1.54, 1.807) is 6.20 Å². The van der Waals surface area contributed by atoms with Crippen LogP contribution >= 0.6 is 0 Å². The molecule has 0 spiro atoms. The minimum Gasteiger partial charge on any atom is -0.486 e. The molecule has 2 heterocycles. The number of ether oxygens (including phenoxy) is 2. The van der Waals surface area contributed by atoms with Crippen LogP contribution in [0.15, 0.2) is 54.7 Å². The Morgan fingerprint density at radius 1 is 1.04 bits per heavy atom. The normalized spacial score (nSPS) is 12.5. The van der Waals surface area contributed by atoms with Crippen LogP contribution in [0.1, 0.15) is 12.5 Å². The molecule has 2 aromatic carbocycles. The van der Waals surface area contributed by atoms with Crippen molar-refractivity contribution >= 4 is 23.1 Å². The lowest BCUT2D eigenvalue weighted by Gasteiger charge is -2.22. The number of hydrogen-bond acceptors (Lipinski definition) is 6. The fourth-order valence-corrected chi connectivity index (χ4v) is 3.05. The second-order valence-corrected chi connectivity index (χ2v) is 6.31. The first-order valence-corrected chi connectivity index (χ1v) is 9.07. The van der Waals surface area contributed by atoms with Gasteiger partial charge in [0.1, 0.15) is 19.0 Å². The smallest absolute Gasteiger partial charge is 0.231 e. The maximum Gasteiger partial charge on any atom is 0.231 e. The molecule has 6 heteroatoms. The summed E-state index contributed by atoms with van der Waals surface area (Å²) in [5, 5.41) is 3.32. The van der Waals surface area contributed by atoms with Crippen LogP contribution in [0.3, 0.4) is 0 Å². The third-order valence-electron chi connectivity index (χ3n) is 4.33. The van der Waals surface area contributed by atoms with Gasteiger partial charge in [-0.05, 0) is 49.7 Å². The van der Waals surface area contributed by atoms with Crippen LogP contribution in [0.5, 0.6) is 11.5 Å². The molecule has 0 aliphatic carbocycles. The van der Waals surface area contributed by atoms with Gasteiger partial charge in [-0.1, -0.05) is 12.1 Å². The van der Waals surface area contributed by atoms with Gasteiger partial charge in [-0.2, -0.15) is 4.98 Å². The molecule has 0 bridgehead atoms. The van der Waals surface area contributed by atoms with Crippen molar-refractivity contribution in [3.05, 3.63) is 60.3 Å². The molecule has 27 heavy (non-hydrogen) atoms. The Balaban J connectivity index is 1.58. The molecule has 6 nitrogen and oxygen atoms in total. The van der Waals surface area contributed by atoms with Gasteiger partial charge in [0, 0.05) is 30.2 Å². The molecular weight excluding hydrogens is 340 g/mol. The standard InChI is InChI=1S/C21H22N4O2/c1-3-25(17-6-4-5-15(2)13-17)21-22-10-9-20(24-21)23-16-7-8-18-19(14-16)27-12-11-26-18/h4-10,13-14H,3,11-12H2,1-2H3,(H,22,23,24). The van der Waals surface area contributed by atoms with Crippen LogP contribution < -0.4 is 19.7 Å². The van der Waals surface area contributed by atoms with Crippen LogP contribution in [0.4, 0.5) is 23.1 Å². The van der Waals surface area contributed by atoms with Gasteiger partial charge in [0.25, 0.3) is 0 Å². The molecule has 4 rings (SSSR count). The van der Waals surface area contributed by atoms with Crippen molar-refractivity contribution < 1.29 is 9.47 Å². The van der Waals surface area contributed by atoms with E-state index in [0.717, 1.165) is 35.2 Å². The summed E-state index contributed by atoms with van der Waals surface area (Å²) in [7, 11) is 0. The first-order valence-electron chi connectivity index (χ1n) is 9.07. The molecule has 0 atom stereocenters. The summed E-state index contributed by atoms with van der Waals surface area (Å²) in [6, 6.07) is 16.0. The zero-order chi connectivity index (χ0) is 18.6. The molecule has 0 radical (unpaired) electrons. The van der Waals surface area contributed by atoms with Gasteiger partial charge in [-0.15, -0.1) is 0 Å². The maximum absolute atomic E-state index is 5.64. The lowest BCUT2D eigenvalue weighted by atomic mass is 10.2. The van der Waals surface area contributed by atoms with Gasteiger partial charge in [0.05, 0.1) is 0 Å². The average molecular weight is 362 g/mol. The molecule has 0 saturated carbocycles. The quantitative estimate of drug-likeness (QED) is 0.723. The molecule has 3 aromatic rings. The van der Waals surface area contributed by atoms with Crippen molar-refractivity contribution in [1.82, 2.24) is 9.97 Å². The van der Waals surface area contributed by atoms with E-state index < -0.39 is 0 Å². The van der Waals surface area contributed by atoms with Crippen molar-refractivity contribution in [2.45, 2.75) is 13.8 Å². The number of anilines is 4. The highest BCUT2D eigenvalue weighted by atomic mass is 16.6. The molecule has 1 aromatic heterocycles. The van der Waals surface area contributed by atoms with E-state index in [9.17, 15) is 0 Å². The van der Waals surface area contributed by atoms with Crippen LogP contribution in [-0.2, 0) is 0 Å². The number of aryl methyl sites for hydroxylation is 1. The third kappa shape index (κ3) is 3.79. The molecule has 1 aliphatic heterocycles. The highest BCUT2D eigenvalue weighted by Crippen LogP contribution is 2.33. The Bertz CT molecular complexity index is 945. The Kier molecular flexibility index (Phi) is 4.78. The largest absolute Gasteiger partial charge is 0.486 e. The van der Waals surface area contributed by atoms with Gasteiger partial charge >= 0.3 is 0 Å². The van der Waals surface area contributed by atoms with E-state index in [4.69, 9.17) is 9.47 Å². The number of nitrogens with zero attached hydrogens (tertiary/aromatic N) is 3. The summed E-state index contributed by atoms with van der Waals surface area (Å²) in [6.07, 6.45) is 1.77. The number of hydrogen-bond donors (Lipinski definition) is 1. The minimum atomic E-state index is 0.566. The predicted octanol–water partition coefficient (Wildman–Crippen LogP) is 4.46. The van der Waals surface area contributed by atoms with Crippen molar-refractivity contribution in [3.63, 3.8) is 0 Å². The highest BCUT2D eigenvalue weighted by Gasteiger charge is 2.13. The third-order valence-corrected chi connectivity index (χ3v) is 4.33. The van der Waals surface area contributed by atoms with E-state index in [1.165, 1.54) is 5.56 Å². The second kappa shape index (κ2) is 7.53. The summed E-state index contributed by atoms with van der Waals surface area (Å²) in [5.74, 6) is 2.90. The zero-order valence-corrected chi connectivity index (χ0v) is 15.5. The lowest BCUT2D eigenvalue weighted by molar-refractivity contribution is 0.171. The Hall–Kier alpha value is -3.28. The van der Waals surface area contributed by atoms with Gasteiger partial charge < -0.3 is 19.7 Å². The highest BCUT2D eigenvalue weighted by molar-refractivity contribution is 5.64. The number of benzene rings is 2. The Morgan fingerprint density at radius 2 is 1.89 bits per heavy atom. The Morgan fingerprint density at radius 3 is 2.70 bits per heavy atom. The lowest BCUT2D eigenvalue weighted by Crippen LogP contribution is -2.19. The van der Waals surface area contributed by atoms with Gasteiger partial charge in [0.2, 0.25) is 5.95 Å². The molecular formula is C21H22N4O2. The average Bonchev–Trinajstić information content (AvgIpc) is 2.69. The number of fused-ring (bicyclic) bond motifs is 1. The van der Waals surface area contributed by atoms with Crippen LogP contribution in [0, 0.1) is 6.92 Å². The molecule has 0 saturated heterocycles. The molecule has 1 aliphatic rings. The molecule has 138 valence electrons. The minimum absolute atomic E-state index is 0.566. The summed E-state index contributed by atoms with van der Waals surface area (Å²) in [6.45, 7) is 6.10. The second-order valence-electron chi connectivity index (χ2n) is 6.31. The fraction of sp³-hybridized carbons (Fsp3) is 0.238. The summed E-state index contributed by atoms with van der Waals surface area (Å²) >= 11 is 0. The molecule has 1 N–H and O–H groups in total. The van der Waals surface area contributed by atoms with E-state index in [2.05, 4.69) is 52.2 Å². The summed E-state index contributed by atoms with van der Waals surface area (Å²) in [4.78, 5) is 11.2. The summed E-state index contributed by atoms with van der Waals surface area (Å²) in [5.41, 5.74) is 3.17.